The van der Waals surface area contributed by atoms with E-state index in [1.807, 2.05) is 30.3 Å². The van der Waals surface area contributed by atoms with Crippen LogP contribution in [0.15, 0.2) is 48.5 Å². The van der Waals surface area contributed by atoms with Gasteiger partial charge < -0.3 is 10.6 Å². The highest BCUT2D eigenvalue weighted by atomic mass is 32.2. The van der Waals surface area contributed by atoms with Gasteiger partial charge in [-0.05, 0) is 43.0 Å². The number of aryl methyl sites for hydroxylation is 1. The van der Waals surface area contributed by atoms with Gasteiger partial charge in [0.15, 0.2) is 9.84 Å². The summed E-state index contributed by atoms with van der Waals surface area (Å²) in [6, 6.07) is 14.5. The van der Waals surface area contributed by atoms with Crippen molar-refractivity contribution in [3.8, 4) is 0 Å². The number of nitrogens with one attached hydrogen (secondary N) is 2. The molecule has 2 rings (SSSR count). The lowest BCUT2D eigenvalue weighted by Crippen LogP contribution is -2.26. The molecule has 0 bridgehead atoms. The third-order valence-corrected chi connectivity index (χ3v) is 5.81. The molecule has 0 aliphatic rings. The molecule has 0 aliphatic carbocycles. The summed E-state index contributed by atoms with van der Waals surface area (Å²) in [5.41, 5.74) is 2.52. The summed E-state index contributed by atoms with van der Waals surface area (Å²) in [5, 5.41) is 5.13. The van der Waals surface area contributed by atoms with Crippen LogP contribution in [0.5, 0.6) is 0 Å². The summed E-state index contributed by atoms with van der Waals surface area (Å²) in [6.45, 7) is 1.70. The molecule has 0 saturated heterocycles. The smallest absolute Gasteiger partial charge is 0.251 e. The van der Waals surface area contributed by atoms with Crippen molar-refractivity contribution in [2.45, 2.75) is 19.8 Å². The first-order valence-electron chi connectivity index (χ1n) is 8.68. The van der Waals surface area contributed by atoms with E-state index in [1.165, 1.54) is 7.05 Å². The Bertz CT molecular complexity index is 909. The van der Waals surface area contributed by atoms with E-state index in [2.05, 4.69) is 10.6 Å². The fraction of sp³-hybridized carbons (Fsp3) is 0.300. The maximum Gasteiger partial charge on any atom is 0.251 e. The van der Waals surface area contributed by atoms with Gasteiger partial charge >= 0.3 is 0 Å². The van der Waals surface area contributed by atoms with Gasteiger partial charge in [0.2, 0.25) is 5.91 Å². The van der Waals surface area contributed by atoms with Crippen molar-refractivity contribution < 1.29 is 18.0 Å². The number of carbonyl (C=O) groups excluding carboxylic acids is 2. The molecule has 2 aromatic carbocycles. The van der Waals surface area contributed by atoms with Crippen LogP contribution in [0.1, 0.15) is 27.9 Å². The zero-order valence-corrected chi connectivity index (χ0v) is 16.3. The summed E-state index contributed by atoms with van der Waals surface area (Å²) in [4.78, 5) is 24.0. The monoisotopic (exact) mass is 388 g/mol. The van der Waals surface area contributed by atoms with E-state index in [0.717, 1.165) is 5.56 Å². The molecule has 0 aliphatic heterocycles. The molecule has 0 radical (unpaired) electrons. The van der Waals surface area contributed by atoms with Crippen LogP contribution in [0.4, 0.5) is 5.69 Å². The predicted octanol–water partition coefficient (Wildman–Crippen LogP) is 2.34. The van der Waals surface area contributed by atoms with Crippen molar-refractivity contribution in [3.05, 3.63) is 65.2 Å². The molecule has 6 nitrogen and oxygen atoms in total. The lowest BCUT2D eigenvalue weighted by molar-refractivity contribution is -0.113. The zero-order chi connectivity index (χ0) is 19.9. The average Bonchev–Trinajstić information content (AvgIpc) is 2.63. The number of rotatable bonds is 8. The van der Waals surface area contributed by atoms with Crippen LogP contribution in [-0.4, -0.2) is 38.8 Å². The van der Waals surface area contributed by atoms with Crippen molar-refractivity contribution >= 4 is 27.3 Å². The van der Waals surface area contributed by atoms with Gasteiger partial charge in [-0.2, -0.15) is 0 Å². The molecule has 0 fully saturated rings. The number of hydrogen-bond donors (Lipinski definition) is 2. The number of sulfone groups is 1. The van der Waals surface area contributed by atoms with Gasteiger partial charge in [0, 0.05) is 18.3 Å². The number of hydrogen-bond acceptors (Lipinski definition) is 4. The number of amides is 2. The van der Waals surface area contributed by atoms with Crippen molar-refractivity contribution in [2.24, 2.45) is 0 Å². The lowest BCUT2D eigenvalue weighted by atomic mass is 10.1. The van der Waals surface area contributed by atoms with E-state index in [9.17, 15) is 18.0 Å². The molecule has 2 aromatic rings. The van der Waals surface area contributed by atoms with Gasteiger partial charge in [0.25, 0.3) is 5.91 Å². The van der Waals surface area contributed by atoms with Crippen LogP contribution in [-0.2, 0) is 21.1 Å². The second kappa shape index (κ2) is 9.32. The Balaban J connectivity index is 1.93. The van der Waals surface area contributed by atoms with Gasteiger partial charge in [0.1, 0.15) is 5.75 Å². The molecule has 0 saturated carbocycles. The molecule has 27 heavy (non-hydrogen) atoms. The van der Waals surface area contributed by atoms with Gasteiger partial charge in [0.05, 0.1) is 5.75 Å². The zero-order valence-electron chi connectivity index (χ0n) is 15.5. The van der Waals surface area contributed by atoms with Gasteiger partial charge in [-0.25, -0.2) is 8.42 Å². The van der Waals surface area contributed by atoms with Crippen LogP contribution < -0.4 is 10.6 Å². The van der Waals surface area contributed by atoms with Crippen LogP contribution in [0.2, 0.25) is 0 Å². The SMILES string of the molecule is CNC(=O)c1cccc(NC(=O)CS(=O)(=O)CCCc2ccccc2)c1C. The third kappa shape index (κ3) is 6.21. The van der Waals surface area contributed by atoms with Crippen LogP contribution in [0.25, 0.3) is 0 Å². The molecule has 144 valence electrons. The van der Waals surface area contributed by atoms with Gasteiger partial charge in [-0.1, -0.05) is 36.4 Å². The Morgan fingerprint density at radius 2 is 1.70 bits per heavy atom. The molecule has 0 atom stereocenters. The van der Waals surface area contributed by atoms with Crippen molar-refractivity contribution in [1.82, 2.24) is 5.32 Å². The fourth-order valence-electron chi connectivity index (χ4n) is 2.75. The maximum absolute atomic E-state index is 12.2. The number of carbonyl (C=O) groups is 2. The minimum Gasteiger partial charge on any atom is -0.355 e. The minimum atomic E-state index is -3.51. The summed E-state index contributed by atoms with van der Waals surface area (Å²) in [7, 11) is -1.98. The van der Waals surface area contributed by atoms with Gasteiger partial charge in [-0.15, -0.1) is 0 Å². The Morgan fingerprint density at radius 1 is 1.00 bits per heavy atom. The molecular formula is C20H24N2O4S. The summed E-state index contributed by atoms with van der Waals surface area (Å²) >= 11 is 0. The first-order chi connectivity index (χ1) is 12.8. The highest BCUT2D eigenvalue weighted by Gasteiger charge is 2.18. The summed E-state index contributed by atoms with van der Waals surface area (Å²) in [5.74, 6) is -1.50. The van der Waals surface area contributed by atoms with Crippen LogP contribution in [0, 0.1) is 6.92 Å². The molecule has 2 N–H and O–H groups in total. The van der Waals surface area contributed by atoms with E-state index < -0.39 is 21.5 Å². The molecule has 7 heteroatoms. The third-order valence-electron chi connectivity index (χ3n) is 4.19. The topological polar surface area (TPSA) is 92.3 Å². The normalized spacial score (nSPS) is 11.0. The average molecular weight is 388 g/mol. The maximum atomic E-state index is 12.2. The highest BCUT2D eigenvalue weighted by molar-refractivity contribution is 7.92. The van der Waals surface area contributed by atoms with E-state index in [-0.39, 0.29) is 11.7 Å². The fourth-order valence-corrected chi connectivity index (χ4v) is 3.95. The Morgan fingerprint density at radius 3 is 2.37 bits per heavy atom. The Hall–Kier alpha value is -2.67. The predicted molar refractivity (Wildman–Crippen MR) is 107 cm³/mol. The first-order valence-corrected chi connectivity index (χ1v) is 10.5. The van der Waals surface area contributed by atoms with Crippen molar-refractivity contribution in [2.75, 3.05) is 23.9 Å². The minimum absolute atomic E-state index is 0.0490. The van der Waals surface area contributed by atoms with Crippen LogP contribution in [0.3, 0.4) is 0 Å². The molecule has 0 heterocycles. The summed E-state index contributed by atoms with van der Waals surface area (Å²) in [6.07, 6.45) is 1.11. The lowest BCUT2D eigenvalue weighted by Gasteiger charge is -2.12. The second-order valence-corrected chi connectivity index (χ2v) is 8.47. The summed E-state index contributed by atoms with van der Waals surface area (Å²) < 4.78 is 24.4. The molecule has 2 amide bonds. The Labute approximate surface area is 159 Å². The highest BCUT2D eigenvalue weighted by Crippen LogP contribution is 2.19. The van der Waals surface area contributed by atoms with Crippen molar-refractivity contribution in [1.29, 1.82) is 0 Å². The van der Waals surface area contributed by atoms with E-state index >= 15 is 0 Å². The van der Waals surface area contributed by atoms with Crippen LogP contribution >= 0.6 is 0 Å². The Kier molecular flexibility index (Phi) is 7.12. The molecule has 0 unspecified atom stereocenters. The van der Waals surface area contributed by atoms with Gasteiger partial charge in [-0.3, -0.25) is 9.59 Å². The molecule has 0 aromatic heterocycles. The first kappa shape index (κ1) is 20.6. The largest absolute Gasteiger partial charge is 0.355 e. The second-order valence-electron chi connectivity index (χ2n) is 6.29. The van der Waals surface area contributed by atoms with E-state index in [1.54, 1.807) is 25.1 Å². The van der Waals surface area contributed by atoms with Crippen molar-refractivity contribution in [3.63, 3.8) is 0 Å². The molecule has 0 spiro atoms. The number of anilines is 1. The quantitative estimate of drug-likeness (QED) is 0.726. The standard InChI is InChI=1S/C20H24N2O4S/c1-15-17(20(24)21-2)11-6-12-18(15)22-19(23)14-27(25,26)13-7-10-16-8-4-3-5-9-16/h3-6,8-9,11-12H,7,10,13-14H2,1-2H3,(H,21,24)(H,22,23). The molecular weight excluding hydrogens is 364 g/mol. The van der Waals surface area contributed by atoms with E-state index in [0.29, 0.717) is 29.7 Å². The van der Waals surface area contributed by atoms with E-state index in [4.69, 9.17) is 0 Å². The number of benzene rings is 2.